The first-order valence-corrected chi connectivity index (χ1v) is 11.0. The van der Waals surface area contributed by atoms with Gasteiger partial charge in [-0.3, -0.25) is 4.79 Å². The van der Waals surface area contributed by atoms with Crippen LogP contribution in [0.1, 0.15) is 47.8 Å². The Kier molecular flexibility index (Phi) is 5.77. The van der Waals surface area contributed by atoms with Gasteiger partial charge >= 0.3 is 0 Å². The second-order valence-electron chi connectivity index (χ2n) is 8.27. The third-order valence-electron chi connectivity index (χ3n) is 6.06. The molecule has 7 heteroatoms. The van der Waals surface area contributed by atoms with Crippen LogP contribution < -0.4 is 5.32 Å². The number of nitrogens with zero attached hydrogens (tertiary/aromatic N) is 2. The summed E-state index contributed by atoms with van der Waals surface area (Å²) < 4.78 is 34.6. The average Bonchev–Trinajstić information content (AvgIpc) is 3.59. The van der Waals surface area contributed by atoms with Crippen LogP contribution in [0.25, 0.3) is 22.7 Å². The molecule has 0 spiro atoms. The van der Waals surface area contributed by atoms with E-state index in [1.807, 2.05) is 0 Å². The number of carbonyl (C=O) groups is 1. The fraction of sp³-hybridized carbons (Fsp3) is 0.231. The van der Waals surface area contributed by atoms with Crippen LogP contribution in [0.15, 0.2) is 71.4 Å². The van der Waals surface area contributed by atoms with Crippen molar-refractivity contribution in [1.29, 1.82) is 0 Å². The van der Waals surface area contributed by atoms with Crippen molar-refractivity contribution in [3.8, 4) is 22.7 Å². The highest BCUT2D eigenvalue weighted by molar-refractivity contribution is 5.92. The smallest absolute Gasteiger partial charge is 0.287 e. The van der Waals surface area contributed by atoms with Crippen molar-refractivity contribution in [2.75, 3.05) is 0 Å². The summed E-state index contributed by atoms with van der Waals surface area (Å²) in [6, 6.07) is 15.9. The predicted molar refractivity (Wildman–Crippen MR) is 120 cm³/mol. The summed E-state index contributed by atoms with van der Waals surface area (Å²) >= 11 is 0. The fourth-order valence-electron chi connectivity index (χ4n) is 4.34. The fourth-order valence-corrected chi connectivity index (χ4v) is 4.34. The minimum atomic E-state index is -0.360. The van der Waals surface area contributed by atoms with E-state index in [1.165, 1.54) is 24.3 Å². The standard InChI is InChI=1S/C26H23F2N3O2/c27-19-9-5-17(6-10-19)15-29-26(32)23-14-13-22(33-23)25-24(18-7-11-20(28)12-8-18)30-16-31(25)21-3-1-2-4-21/h5-14,16,21H,1-4,15H2,(H,29,32). The van der Waals surface area contributed by atoms with Crippen molar-refractivity contribution in [3.05, 3.63) is 89.9 Å². The topological polar surface area (TPSA) is 60.1 Å². The maximum atomic E-state index is 13.5. The summed E-state index contributed by atoms with van der Waals surface area (Å²) in [5.41, 5.74) is 3.04. The maximum absolute atomic E-state index is 13.5. The Bertz CT molecular complexity index is 1250. The summed E-state index contributed by atoms with van der Waals surface area (Å²) in [7, 11) is 0. The Morgan fingerprint density at radius 3 is 2.33 bits per heavy atom. The molecular weight excluding hydrogens is 424 g/mol. The van der Waals surface area contributed by atoms with Gasteiger partial charge in [0.1, 0.15) is 17.3 Å². The van der Waals surface area contributed by atoms with Crippen LogP contribution in [0.4, 0.5) is 8.78 Å². The normalized spacial score (nSPS) is 14.0. The largest absolute Gasteiger partial charge is 0.449 e. The first kappa shape index (κ1) is 21.1. The molecule has 0 saturated heterocycles. The second kappa shape index (κ2) is 9.02. The molecule has 168 valence electrons. The van der Waals surface area contributed by atoms with E-state index in [1.54, 1.807) is 42.7 Å². The lowest BCUT2D eigenvalue weighted by atomic mass is 10.1. The summed E-state index contributed by atoms with van der Waals surface area (Å²) in [6.45, 7) is 0.260. The molecule has 4 aromatic rings. The van der Waals surface area contributed by atoms with E-state index in [0.29, 0.717) is 17.5 Å². The van der Waals surface area contributed by atoms with Crippen LogP contribution in [-0.2, 0) is 6.54 Å². The zero-order valence-corrected chi connectivity index (χ0v) is 17.9. The SMILES string of the molecule is O=C(NCc1ccc(F)cc1)c1ccc(-c2c(-c3ccc(F)cc3)ncn2C2CCCC2)o1. The maximum Gasteiger partial charge on any atom is 0.287 e. The molecule has 1 amide bonds. The predicted octanol–water partition coefficient (Wildman–Crippen LogP) is 6.13. The average molecular weight is 447 g/mol. The lowest BCUT2D eigenvalue weighted by Gasteiger charge is -2.15. The van der Waals surface area contributed by atoms with Gasteiger partial charge in [-0.2, -0.15) is 0 Å². The molecule has 0 bridgehead atoms. The molecule has 1 aliphatic rings. The van der Waals surface area contributed by atoms with Gasteiger partial charge in [-0.1, -0.05) is 25.0 Å². The van der Waals surface area contributed by atoms with Crippen LogP contribution in [0, 0.1) is 11.6 Å². The molecular formula is C26H23F2N3O2. The van der Waals surface area contributed by atoms with E-state index in [-0.39, 0.29) is 29.8 Å². The van der Waals surface area contributed by atoms with Gasteiger partial charge in [-0.25, -0.2) is 13.8 Å². The first-order chi connectivity index (χ1) is 16.1. The molecule has 0 atom stereocenters. The van der Waals surface area contributed by atoms with Crippen LogP contribution in [0.5, 0.6) is 0 Å². The van der Waals surface area contributed by atoms with E-state index in [0.717, 1.165) is 42.5 Å². The van der Waals surface area contributed by atoms with Gasteiger partial charge in [-0.15, -0.1) is 0 Å². The Morgan fingerprint density at radius 2 is 1.64 bits per heavy atom. The zero-order chi connectivity index (χ0) is 22.8. The van der Waals surface area contributed by atoms with Crippen molar-refractivity contribution in [2.45, 2.75) is 38.3 Å². The molecule has 1 N–H and O–H groups in total. The van der Waals surface area contributed by atoms with Crippen LogP contribution in [0.2, 0.25) is 0 Å². The quantitative estimate of drug-likeness (QED) is 0.387. The Labute approximate surface area is 190 Å². The minimum Gasteiger partial charge on any atom is -0.449 e. The number of imidazole rings is 1. The van der Waals surface area contributed by atoms with Gasteiger partial charge in [0.15, 0.2) is 11.5 Å². The number of hydrogen-bond acceptors (Lipinski definition) is 3. The molecule has 2 aromatic carbocycles. The van der Waals surface area contributed by atoms with Gasteiger partial charge < -0.3 is 14.3 Å². The summed E-state index contributed by atoms with van der Waals surface area (Å²) in [6.07, 6.45) is 6.23. The van der Waals surface area contributed by atoms with Crippen molar-refractivity contribution >= 4 is 5.91 Å². The van der Waals surface area contributed by atoms with Crippen molar-refractivity contribution in [3.63, 3.8) is 0 Å². The molecule has 1 saturated carbocycles. The van der Waals surface area contributed by atoms with E-state index in [2.05, 4.69) is 14.9 Å². The molecule has 0 radical (unpaired) electrons. The highest BCUT2D eigenvalue weighted by atomic mass is 19.1. The molecule has 5 nitrogen and oxygen atoms in total. The number of rotatable bonds is 6. The number of amides is 1. The van der Waals surface area contributed by atoms with Crippen LogP contribution >= 0.6 is 0 Å². The highest BCUT2D eigenvalue weighted by Gasteiger charge is 2.25. The van der Waals surface area contributed by atoms with Gasteiger partial charge in [0.2, 0.25) is 0 Å². The van der Waals surface area contributed by atoms with Crippen molar-refractivity contribution in [1.82, 2.24) is 14.9 Å². The number of benzene rings is 2. The third-order valence-corrected chi connectivity index (χ3v) is 6.06. The molecule has 2 aromatic heterocycles. The minimum absolute atomic E-state index is 0.177. The summed E-state index contributed by atoms with van der Waals surface area (Å²) in [5.74, 6) is -0.284. The molecule has 33 heavy (non-hydrogen) atoms. The second-order valence-corrected chi connectivity index (χ2v) is 8.27. The Morgan fingerprint density at radius 1 is 0.970 bits per heavy atom. The van der Waals surface area contributed by atoms with Gasteiger partial charge in [0.05, 0.1) is 12.0 Å². The van der Waals surface area contributed by atoms with E-state index in [4.69, 9.17) is 4.42 Å². The van der Waals surface area contributed by atoms with Crippen molar-refractivity contribution in [2.24, 2.45) is 0 Å². The molecule has 1 aliphatic carbocycles. The van der Waals surface area contributed by atoms with Crippen LogP contribution in [-0.4, -0.2) is 15.5 Å². The molecule has 5 rings (SSSR count). The Balaban J connectivity index is 1.43. The summed E-state index contributed by atoms with van der Waals surface area (Å²) in [5, 5.41) is 2.80. The van der Waals surface area contributed by atoms with Gasteiger partial charge in [0, 0.05) is 18.2 Å². The molecule has 1 fully saturated rings. The van der Waals surface area contributed by atoms with Crippen molar-refractivity contribution < 1.29 is 18.0 Å². The number of halogens is 2. The number of carbonyl (C=O) groups excluding carboxylic acids is 1. The van der Waals surface area contributed by atoms with E-state index >= 15 is 0 Å². The van der Waals surface area contributed by atoms with E-state index in [9.17, 15) is 13.6 Å². The number of furan rings is 1. The Hall–Kier alpha value is -3.74. The van der Waals surface area contributed by atoms with Crippen LogP contribution in [0.3, 0.4) is 0 Å². The number of nitrogens with one attached hydrogen (secondary N) is 1. The number of hydrogen-bond donors (Lipinski definition) is 1. The molecule has 2 heterocycles. The zero-order valence-electron chi connectivity index (χ0n) is 17.9. The number of aromatic nitrogens is 2. The molecule has 0 aliphatic heterocycles. The first-order valence-electron chi connectivity index (χ1n) is 11.0. The molecule has 0 unspecified atom stereocenters. The van der Waals surface area contributed by atoms with Gasteiger partial charge in [-0.05, 0) is 66.9 Å². The summed E-state index contributed by atoms with van der Waals surface area (Å²) in [4.78, 5) is 17.3. The van der Waals surface area contributed by atoms with E-state index < -0.39 is 0 Å². The highest BCUT2D eigenvalue weighted by Crippen LogP contribution is 2.39. The van der Waals surface area contributed by atoms with Gasteiger partial charge in [0.25, 0.3) is 5.91 Å². The lowest BCUT2D eigenvalue weighted by Crippen LogP contribution is -2.22. The third kappa shape index (κ3) is 4.44. The lowest BCUT2D eigenvalue weighted by molar-refractivity contribution is 0.0924. The monoisotopic (exact) mass is 447 g/mol.